The molecule has 2 fully saturated rings. The number of rotatable bonds is 4. The zero-order valence-electron chi connectivity index (χ0n) is 14.3. The fourth-order valence-electron chi connectivity index (χ4n) is 3.78. The van der Waals surface area contributed by atoms with Crippen molar-refractivity contribution in [2.75, 3.05) is 19.6 Å². The number of hydrogen-bond donors (Lipinski definition) is 1. The first-order chi connectivity index (χ1) is 9.91. The van der Waals surface area contributed by atoms with Gasteiger partial charge in [-0.25, -0.2) is 0 Å². The largest absolute Gasteiger partial charge is 0.374 e. The third kappa shape index (κ3) is 3.78. The highest BCUT2D eigenvalue weighted by molar-refractivity contribution is 5.80. The molecular weight excluding hydrogens is 264 g/mol. The van der Waals surface area contributed by atoms with Crippen LogP contribution in [-0.2, 0) is 9.53 Å². The molecule has 2 saturated heterocycles. The van der Waals surface area contributed by atoms with E-state index in [1.54, 1.807) is 0 Å². The molecule has 21 heavy (non-hydrogen) atoms. The maximum absolute atomic E-state index is 13.1. The lowest BCUT2D eigenvalue weighted by atomic mass is 9.87. The van der Waals surface area contributed by atoms with Gasteiger partial charge in [0.05, 0.1) is 18.1 Å². The van der Waals surface area contributed by atoms with E-state index in [4.69, 9.17) is 4.74 Å². The van der Waals surface area contributed by atoms with Crippen LogP contribution in [0.25, 0.3) is 0 Å². The molecule has 4 nitrogen and oxygen atoms in total. The van der Waals surface area contributed by atoms with Gasteiger partial charge in [0.2, 0.25) is 5.91 Å². The number of carbonyl (C=O) groups excluding carboxylic acids is 1. The molecule has 2 aliphatic rings. The van der Waals surface area contributed by atoms with Crippen LogP contribution >= 0.6 is 0 Å². The Kier molecular flexibility index (Phi) is 5.67. The molecule has 2 heterocycles. The first-order valence-electron chi connectivity index (χ1n) is 8.58. The summed E-state index contributed by atoms with van der Waals surface area (Å²) < 4.78 is 5.87. The second-order valence-electron chi connectivity index (χ2n) is 7.21. The van der Waals surface area contributed by atoms with Crippen LogP contribution in [-0.4, -0.2) is 48.7 Å². The van der Waals surface area contributed by atoms with E-state index in [1.165, 1.54) is 12.8 Å². The molecule has 0 radical (unpaired) electrons. The molecular formula is C17H32N2O2. The molecule has 0 aromatic heterocycles. The number of ether oxygens (including phenoxy) is 1. The quantitative estimate of drug-likeness (QED) is 0.865. The second-order valence-corrected chi connectivity index (χ2v) is 7.21. The summed E-state index contributed by atoms with van der Waals surface area (Å²) in [5.74, 6) is 1.27. The summed E-state index contributed by atoms with van der Waals surface area (Å²) in [6.07, 6.45) is 2.58. The number of hydrogen-bond acceptors (Lipinski definition) is 3. The van der Waals surface area contributed by atoms with E-state index in [0.717, 1.165) is 19.6 Å². The van der Waals surface area contributed by atoms with Gasteiger partial charge in [0.15, 0.2) is 0 Å². The molecule has 2 rings (SSSR count). The molecule has 0 spiro atoms. The number of nitrogens with one attached hydrogen (secondary N) is 1. The molecule has 2 aliphatic heterocycles. The summed E-state index contributed by atoms with van der Waals surface area (Å²) in [4.78, 5) is 15.2. The normalized spacial score (nSPS) is 34.4. The summed E-state index contributed by atoms with van der Waals surface area (Å²) in [7, 11) is 0. The van der Waals surface area contributed by atoms with Crippen molar-refractivity contribution < 1.29 is 9.53 Å². The van der Waals surface area contributed by atoms with E-state index in [9.17, 15) is 4.79 Å². The summed E-state index contributed by atoms with van der Waals surface area (Å²) in [6.45, 7) is 13.6. The van der Waals surface area contributed by atoms with Gasteiger partial charge in [-0.15, -0.1) is 0 Å². The number of nitrogens with zero attached hydrogens (tertiary/aromatic N) is 1. The van der Waals surface area contributed by atoms with Gasteiger partial charge in [0, 0.05) is 12.6 Å². The Labute approximate surface area is 129 Å². The second kappa shape index (κ2) is 7.10. The zero-order chi connectivity index (χ0) is 15.6. The van der Waals surface area contributed by atoms with Crippen LogP contribution in [0.3, 0.4) is 0 Å². The Morgan fingerprint density at radius 1 is 1.19 bits per heavy atom. The Balaban J connectivity index is 2.04. The third-order valence-corrected chi connectivity index (χ3v) is 5.35. The molecule has 4 unspecified atom stereocenters. The Morgan fingerprint density at radius 3 is 2.29 bits per heavy atom. The maximum atomic E-state index is 13.1. The predicted molar refractivity (Wildman–Crippen MR) is 85.1 cm³/mol. The van der Waals surface area contributed by atoms with Crippen molar-refractivity contribution >= 4 is 5.91 Å². The monoisotopic (exact) mass is 296 g/mol. The third-order valence-electron chi connectivity index (χ3n) is 5.35. The fourth-order valence-corrected chi connectivity index (χ4v) is 3.78. The standard InChI is InChI=1S/C17H32N2O2/c1-11(2)19(10-15-6-8-18-9-7-15)17(20)16-12(3)13(4)21-14(16)5/h11-16,18H,6-10H2,1-5H3. The van der Waals surface area contributed by atoms with Crippen LogP contribution in [0.4, 0.5) is 0 Å². The van der Waals surface area contributed by atoms with Gasteiger partial charge in [-0.3, -0.25) is 4.79 Å². The minimum absolute atomic E-state index is 0.0177. The highest BCUT2D eigenvalue weighted by Gasteiger charge is 2.43. The van der Waals surface area contributed by atoms with E-state index < -0.39 is 0 Å². The highest BCUT2D eigenvalue weighted by Crippen LogP contribution is 2.34. The molecule has 122 valence electrons. The van der Waals surface area contributed by atoms with E-state index in [0.29, 0.717) is 17.7 Å². The van der Waals surface area contributed by atoms with Crippen LogP contribution in [0.5, 0.6) is 0 Å². The molecule has 4 atom stereocenters. The van der Waals surface area contributed by atoms with Crippen molar-refractivity contribution in [2.45, 2.75) is 65.7 Å². The average Bonchev–Trinajstić information content (AvgIpc) is 2.70. The minimum atomic E-state index is 0.0177. The summed E-state index contributed by atoms with van der Waals surface area (Å²) in [6, 6.07) is 0.266. The molecule has 0 bridgehead atoms. The van der Waals surface area contributed by atoms with Crippen LogP contribution in [0.2, 0.25) is 0 Å². The molecule has 1 amide bonds. The fraction of sp³-hybridized carbons (Fsp3) is 0.941. The van der Waals surface area contributed by atoms with E-state index in [-0.39, 0.29) is 24.2 Å². The van der Waals surface area contributed by atoms with Crippen LogP contribution < -0.4 is 5.32 Å². The van der Waals surface area contributed by atoms with Gasteiger partial charge >= 0.3 is 0 Å². The Bertz CT molecular complexity index is 353. The van der Waals surface area contributed by atoms with Gasteiger partial charge in [0.25, 0.3) is 0 Å². The average molecular weight is 296 g/mol. The predicted octanol–water partition coefficient (Wildman–Crippen LogP) is 2.28. The lowest BCUT2D eigenvalue weighted by Crippen LogP contribution is -2.47. The SMILES string of the molecule is CC1OC(C)C(C(=O)N(CC2CCNCC2)C(C)C)C1C. The number of amides is 1. The zero-order valence-corrected chi connectivity index (χ0v) is 14.3. The molecule has 0 aromatic rings. The van der Waals surface area contributed by atoms with Gasteiger partial charge in [0.1, 0.15) is 0 Å². The lowest BCUT2D eigenvalue weighted by Gasteiger charge is -2.35. The lowest BCUT2D eigenvalue weighted by molar-refractivity contribution is -0.140. The van der Waals surface area contributed by atoms with Crippen molar-refractivity contribution in [3.8, 4) is 0 Å². The maximum Gasteiger partial charge on any atom is 0.228 e. The Hall–Kier alpha value is -0.610. The number of carbonyl (C=O) groups is 1. The number of piperidine rings is 1. The van der Waals surface area contributed by atoms with Gasteiger partial charge in [-0.05, 0) is 65.5 Å². The van der Waals surface area contributed by atoms with E-state index in [1.807, 2.05) is 6.92 Å². The summed E-state index contributed by atoms with van der Waals surface area (Å²) in [5, 5.41) is 3.40. The molecule has 0 aromatic carbocycles. The molecule has 4 heteroatoms. The summed E-state index contributed by atoms with van der Waals surface area (Å²) in [5.41, 5.74) is 0. The van der Waals surface area contributed by atoms with Crippen LogP contribution in [0.1, 0.15) is 47.5 Å². The minimum Gasteiger partial charge on any atom is -0.374 e. The van der Waals surface area contributed by atoms with Crippen molar-refractivity contribution in [2.24, 2.45) is 17.8 Å². The smallest absolute Gasteiger partial charge is 0.228 e. The Morgan fingerprint density at radius 2 is 1.81 bits per heavy atom. The van der Waals surface area contributed by atoms with Crippen molar-refractivity contribution in [3.05, 3.63) is 0 Å². The molecule has 1 N–H and O–H groups in total. The molecule has 0 saturated carbocycles. The van der Waals surface area contributed by atoms with Crippen molar-refractivity contribution in [1.82, 2.24) is 10.2 Å². The van der Waals surface area contributed by atoms with Crippen LogP contribution in [0, 0.1) is 17.8 Å². The van der Waals surface area contributed by atoms with E-state index >= 15 is 0 Å². The highest BCUT2D eigenvalue weighted by atomic mass is 16.5. The first-order valence-corrected chi connectivity index (χ1v) is 8.58. The van der Waals surface area contributed by atoms with E-state index in [2.05, 4.69) is 37.9 Å². The van der Waals surface area contributed by atoms with Gasteiger partial charge in [-0.1, -0.05) is 6.92 Å². The van der Waals surface area contributed by atoms with Crippen molar-refractivity contribution in [1.29, 1.82) is 0 Å². The summed E-state index contributed by atoms with van der Waals surface area (Å²) >= 11 is 0. The van der Waals surface area contributed by atoms with Crippen molar-refractivity contribution in [3.63, 3.8) is 0 Å². The first kappa shape index (κ1) is 16.8. The van der Waals surface area contributed by atoms with Gasteiger partial charge in [-0.2, -0.15) is 0 Å². The van der Waals surface area contributed by atoms with Gasteiger partial charge < -0.3 is 15.0 Å². The molecule has 0 aliphatic carbocycles. The topological polar surface area (TPSA) is 41.6 Å². The van der Waals surface area contributed by atoms with Crippen LogP contribution in [0.15, 0.2) is 0 Å².